The third-order valence-corrected chi connectivity index (χ3v) is 8.00. The number of rotatable bonds is 5. The van der Waals surface area contributed by atoms with Crippen LogP contribution in [0.25, 0.3) is 27.5 Å². The van der Waals surface area contributed by atoms with Crippen LogP contribution in [0.4, 0.5) is 8.78 Å². The molecule has 1 saturated carbocycles. The van der Waals surface area contributed by atoms with Gasteiger partial charge in [0.25, 0.3) is 0 Å². The summed E-state index contributed by atoms with van der Waals surface area (Å²) in [6.45, 7) is 2.92. The van der Waals surface area contributed by atoms with E-state index >= 15 is 4.39 Å². The fraction of sp³-hybridized carbons (Fsp3) is 0.407. The molecule has 7 nitrogen and oxygen atoms in total. The number of carbonyl (C=O) groups is 1. The number of hydrogen-bond acceptors (Lipinski definition) is 4. The second-order valence-electron chi connectivity index (χ2n) is 10.2. The first-order chi connectivity index (χ1) is 17.3. The van der Waals surface area contributed by atoms with E-state index in [1.165, 1.54) is 13.2 Å². The molecular weight excluding hydrogens is 468 g/mol. The topological polar surface area (TPSA) is 89.4 Å². The predicted molar refractivity (Wildman–Crippen MR) is 130 cm³/mol. The molecule has 2 aliphatic rings. The number of carboxylic acid groups (broad SMARTS) is 1. The lowest BCUT2D eigenvalue weighted by molar-refractivity contribution is -0.154. The van der Waals surface area contributed by atoms with E-state index in [4.69, 9.17) is 9.47 Å². The lowest BCUT2D eigenvalue weighted by atomic mass is 9.60. The Morgan fingerprint density at radius 2 is 1.97 bits per heavy atom. The van der Waals surface area contributed by atoms with Gasteiger partial charge in [0.1, 0.15) is 5.52 Å². The van der Waals surface area contributed by atoms with Crippen molar-refractivity contribution in [2.75, 3.05) is 20.3 Å². The third kappa shape index (κ3) is 3.32. The highest BCUT2D eigenvalue weighted by molar-refractivity contribution is 6.00. The van der Waals surface area contributed by atoms with Gasteiger partial charge in [-0.25, -0.2) is 8.78 Å². The number of methoxy groups -OCH3 is 1. The first-order valence-electron chi connectivity index (χ1n) is 12.2. The Hall–Kier alpha value is -3.46. The number of aromatic amines is 1. The maximum atomic E-state index is 16.2. The van der Waals surface area contributed by atoms with Gasteiger partial charge in [-0.1, -0.05) is 0 Å². The molecule has 3 heterocycles. The number of halogens is 2. The molecule has 0 bridgehead atoms. The largest absolute Gasteiger partial charge is 0.494 e. The molecule has 0 unspecified atom stereocenters. The third-order valence-electron chi connectivity index (χ3n) is 8.00. The van der Waals surface area contributed by atoms with Crippen molar-refractivity contribution in [1.29, 1.82) is 0 Å². The summed E-state index contributed by atoms with van der Waals surface area (Å²) < 4.78 is 43.5. The van der Waals surface area contributed by atoms with Crippen LogP contribution in [-0.2, 0) is 9.53 Å². The molecule has 36 heavy (non-hydrogen) atoms. The molecule has 0 amide bonds. The molecule has 2 N–H and O–H groups in total. The van der Waals surface area contributed by atoms with Crippen LogP contribution in [0.2, 0.25) is 0 Å². The second kappa shape index (κ2) is 8.30. The van der Waals surface area contributed by atoms with Crippen LogP contribution in [-0.4, -0.2) is 46.2 Å². The van der Waals surface area contributed by atoms with Crippen molar-refractivity contribution in [2.45, 2.75) is 44.4 Å². The highest BCUT2D eigenvalue weighted by Crippen LogP contribution is 2.56. The Morgan fingerprint density at radius 1 is 1.22 bits per heavy atom. The fourth-order valence-corrected chi connectivity index (χ4v) is 6.11. The highest BCUT2D eigenvalue weighted by atomic mass is 19.1. The predicted octanol–water partition coefficient (Wildman–Crippen LogP) is 5.66. The standard InChI is InChI=1S/C27H27F2N3O4/c1-27(26(33)34)11-16(12-27)21-22-19(9-15-13-30-31-24(15)23(22)29)32(25(21)14-5-7-36-8-6-14)17-3-4-18(28)20(10-17)35-2/h3-4,9-10,13-14,16H,5-8,11-12H2,1-2H3,(H,30,31)(H,33,34). The van der Waals surface area contributed by atoms with E-state index in [2.05, 4.69) is 10.2 Å². The van der Waals surface area contributed by atoms with E-state index < -0.39 is 23.0 Å². The van der Waals surface area contributed by atoms with Crippen molar-refractivity contribution >= 4 is 27.8 Å². The van der Waals surface area contributed by atoms with Crippen LogP contribution in [0.1, 0.15) is 55.7 Å². The average Bonchev–Trinajstić information content (AvgIpc) is 3.46. The molecular formula is C27H27F2N3O4. The van der Waals surface area contributed by atoms with Crippen LogP contribution < -0.4 is 4.74 Å². The van der Waals surface area contributed by atoms with E-state index in [9.17, 15) is 14.3 Å². The van der Waals surface area contributed by atoms with Crippen molar-refractivity contribution in [3.8, 4) is 11.4 Å². The number of aromatic nitrogens is 3. The van der Waals surface area contributed by atoms with E-state index in [0.29, 0.717) is 53.5 Å². The van der Waals surface area contributed by atoms with Gasteiger partial charge in [-0.15, -0.1) is 0 Å². The van der Waals surface area contributed by atoms with Crippen LogP contribution in [0.3, 0.4) is 0 Å². The number of nitrogens with zero attached hydrogens (tertiary/aromatic N) is 2. The van der Waals surface area contributed by atoms with Crippen molar-refractivity contribution in [2.24, 2.45) is 5.41 Å². The Balaban J connectivity index is 1.68. The molecule has 1 aliphatic carbocycles. The lowest BCUT2D eigenvalue weighted by Gasteiger charge is -2.43. The van der Waals surface area contributed by atoms with Crippen LogP contribution >= 0.6 is 0 Å². The van der Waals surface area contributed by atoms with E-state index in [1.807, 2.05) is 10.6 Å². The van der Waals surface area contributed by atoms with E-state index in [-0.39, 0.29) is 17.6 Å². The summed E-state index contributed by atoms with van der Waals surface area (Å²) >= 11 is 0. The minimum Gasteiger partial charge on any atom is -0.494 e. The van der Waals surface area contributed by atoms with Gasteiger partial charge in [0, 0.05) is 47.4 Å². The number of H-pyrrole nitrogens is 1. The zero-order chi connectivity index (χ0) is 25.2. The molecule has 2 fully saturated rings. The Labute approximate surface area is 206 Å². The minimum absolute atomic E-state index is 0.0738. The molecule has 0 spiro atoms. The molecule has 0 atom stereocenters. The van der Waals surface area contributed by atoms with E-state index in [1.54, 1.807) is 25.3 Å². The van der Waals surface area contributed by atoms with Crippen LogP contribution in [0, 0.1) is 17.0 Å². The Kier molecular flexibility index (Phi) is 5.29. The first kappa shape index (κ1) is 23.0. The second-order valence-corrected chi connectivity index (χ2v) is 10.2. The fourth-order valence-electron chi connectivity index (χ4n) is 6.11. The van der Waals surface area contributed by atoms with Crippen LogP contribution in [0.15, 0.2) is 30.5 Å². The minimum atomic E-state index is -0.848. The van der Waals surface area contributed by atoms with Gasteiger partial charge in [0.05, 0.1) is 24.2 Å². The Bertz CT molecular complexity index is 1500. The molecule has 1 aliphatic heterocycles. The zero-order valence-electron chi connectivity index (χ0n) is 20.1. The summed E-state index contributed by atoms with van der Waals surface area (Å²) in [5, 5.41) is 17.7. The highest BCUT2D eigenvalue weighted by Gasteiger charge is 2.49. The number of nitrogens with one attached hydrogen (secondary N) is 1. The molecule has 4 aromatic rings. The summed E-state index contributed by atoms with van der Waals surface area (Å²) in [7, 11) is 1.41. The van der Waals surface area contributed by atoms with Gasteiger partial charge in [-0.05, 0) is 62.3 Å². The van der Waals surface area contributed by atoms with Gasteiger partial charge in [-0.2, -0.15) is 5.10 Å². The molecule has 0 radical (unpaired) electrons. The van der Waals surface area contributed by atoms with Gasteiger partial charge in [0.15, 0.2) is 17.4 Å². The maximum Gasteiger partial charge on any atom is 0.309 e. The number of fused-ring (bicyclic) bond motifs is 2. The Morgan fingerprint density at radius 3 is 2.67 bits per heavy atom. The zero-order valence-corrected chi connectivity index (χ0v) is 20.1. The number of benzene rings is 2. The molecule has 188 valence electrons. The van der Waals surface area contributed by atoms with Gasteiger partial charge in [0.2, 0.25) is 0 Å². The lowest BCUT2D eigenvalue weighted by Crippen LogP contribution is -2.40. The molecule has 9 heteroatoms. The molecule has 6 rings (SSSR count). The summed E-state index contributed by atoms with van der Waals surface area (Å²) in [4.78, 5) is 11.9. The first-order valence-corrected chi connectivity index (χ1v) is 12.2. The van der Waals surface area contributed by atoms with Crippen molar-refractivity contribution in [3.05, 3.63) is 53.4 Å². The maximum absolute atomic E-state index is 16.2. The summed E-state index contributed by atoms with van der Waals surface area (Å²) in [5.41, 5.74) is 2.56. The molecule has 2 aromatic carbocycles. The van der Waals surface area contributed by atoms with Crippen molar-refractivity contribution < 1.29 is 28.2 Å². The average molecular weight is 496 g/mol. The summed E-state index contributed by atoms with van der Waals surface area (Å²) in [5.74, 6) is -1.67. The number of ether oxygens (including phenoxy) is 2. The monoisotopic (exact) mass is 495 g/mol. The number of hydrogen-bond donors (Lipinski definition) is 2. The smallest absolute Gasteiger partial charge is 0.309 e. The van der Waals surface area contributed by atoms with Crippen molar-refractivity contribution in [1.82, 2.24) is 14.8 Å². The van der Waals surface area contributed by atoms with Crippen LogP contribution in [0.5, 0.6) is 5.75 Å². The SMILES string of the molecule is COc1cc(-n2c(C3CCOCC3)c(C3CC(C)(C(=O)O)C3)c3c(F)c4[nH]ncc4cc32)ccc1F. The summed E-state index contributed by atoms with van der Waals surface area (Å²) in [6.07, 6.45) is 3.94. The number of carboxylic acids is 1. The van der Waals surface area contributed by atoms with Crippen molar-refractivity contribution in [3.63, 3.8) is 0 Å². The van der Waals surface area contributed by atoms with Gasteiger partial charge < -0.3 is 19.1 Å². The quantitative estimate of drug-likeness (QED) is 0.373. The van der Waals surface area contributed by atoms with E-state index in [0.717, 1.165) is 24.1 Å². The number of aliphatic carboxylic acids is 1. The normalized spacial score (nSPS) is 22.7. The summed E-state index contributed by atoms with van der Waals surface area (Å²) in [6, 6.07) is 6.55. The van der Waals surface area contributed by atoms with Gasteiger partial charge in [-0.3, -0.25) is 9.89 Å². The molecule has 2 aromatic heterocycles. The molecule has 1 saturated heterocycles. The van der Waals surface area contributed by atoms with Gasteiger partial charge >= 0.3 is 5.97 Å².